The van der Waals surface area contributed by atoms with E-state index in [4.69, 9.17) is 0 Å². The van der Waals surface area contributed by atoms with Crippen molar-refractivity contribution in [2.45, 2.75) is 19.0 Å². The lowest BCUT2D eigenvalue weighted by Gasteiger charge is -2.27. The molecular weight excluding hydrogens is 295 g/mol. The van der Waals surface area contributed by atoms with E-state index in [9.17, 15) is 13.2 Å². The van der Waals surface area contributed by atoms with Crippen LogP contribution in [0, 0.1) is 0 Å². The zero-order valence-electron chi connectivity index (χ0n) is 11.5. The lowest BCUT2D eigenvalue weighted by molar-refractivity contribution is -0.0959. The van der Waals surface area contributed by atoms with Gasteiger partial charge in [-0.1, -0.05) is 18.2 Å². The molecular formula is C16H16F3NS. The fraction of sp³-hybridized carbons (Fsp3) is 0.375. The predicted molar refractivity (Wildman–Crippen MR) is 80.7 cm³/mol. The first-order valence-electron chi connectivity index (χ1n) is 6.97. The van der Waals surface area contributed by atoms with Crippen molar-refractivity contribution in [1.82, 2.24) is 4.90 Å². The van der Waals surface area contributed by atoms with Crippen molar-refractivity contribution in [1.29, 1.82) is 0 Å². The van der Waals surface area contributed by atoms with Crippen LogP contribution in [-0.4, -0.2) is 30.7 Å². The van der Waals surface area contributed by atoms with Gasteiger partial charge in [-0.3, -0.25) is 4.90 Å². The van der Waals surface area contributed by atoms with E-state index >= 15 is 0 Å². The molecule has 0 N–H and O–H groups in total. The third-order valence-electron chi connectivity index (χ3n) is 3.89. The SMILES string of the molecule is FC(F)(F)C1=CCN(CCc2ccc3ccsc3c2)CC1. The van der Waals surface area contributed by atoms with Gasteiger partial charge in [0.05, 0.1) is 0 Å². The summed E-state index contributed by atoms with van der Waals surface area (Å²) in [5.41, 5.74) is 0.870. The number of hydrogen-bond acceptors (Lipinski definition) is 2. The van der Waals surface area contributed by atoms with Crippen molar-refractivity contribution in [2.75, 3.05) is 19.6 Å². The highest BCUT2D eigenvalue weighted by Gasteiger charge is 2.34. The molecule has 1 aromatic carbocycles. The number of halogens is 3. The van der Waals surface area contributed by atoms with Crippen LogP contribution in [0.15, 0.2) is 41.3 Å². The second kappa shape index (κ2) is 5.81. The summed E-state index contributed by atoms with van der Waals surface area (Å²) in [4.78, 5) is 2.08. The number of benzene rings is 1. The molecule has 2 aromatic rings. The summed E-state index contributed by atoms with van der Waals surface area (Å²) in [5, 5.41) is 3.32. The van der Waals surface area contributed by atoms with Gasteiger partial charge in [0.15, 0.2) is 0 Å². The molecule has 2 heterocycles. The molecule has 3 rings (SSSR count). The molecule has 0 aliphatic carbocycles. The Bertz CT molecular complexity index is 657. The second-order valence-corrected chi connectivity index (χ2v) is 6.27. The molecule has 0 radical (unpaired) electrons. The van der Waals surface area contributed by atoms with Crippen LogP contribution in [0.2, 0.25) is 0 Å². The molecule has 0 spiro atoms. The molecule has 1 aliphatic rings. The molecule has 0 amide bonds. The summed E-state index contributed by atoms with van der Waals surface area (Å²) in [6, 6.07) is 8.49. The van der Waals surface area contributed by atoms with E-state index in [1.807, 2.05) is 0 Å². The van der Waals surface area contributed by atoms with Gasteiger partial charge in [0, 0.05) is 29.9 Å². The minimum absolute atomic E-state index is 0.105. The zero-order valence-corrected chi connectivity index (χ0v) is 12.3. The van der Waals surface area contributed by atoms with Crippen LogP contribution in [0.1, 0.15) is 12.0 Å². The molecule has 0 unspecified atom stereocenters. The highest BCUT2D eigenvalue weighted by Crippen LogP contribution is 2.30. The van der Waals surface area contributed by atoms with Gasteiger partial charge in [-0.25, -0.2) is 0 Å². The molecule has 0 bridgehead atoms. The van der Waals surface area contributed by atoms with E-state index in [0.29, 0.717) is 13.1 Å². The van der Waals surface area contributed by atoms with E-state index in [1.54, 1.807) is 11.3 Å². The molecule has 0 saturated carbocycles. The Morgan fingerprint density at radius 2 is 2.05 bits per heavy atom. The fourth-order valence-electron chi connectivity index (χ4n) is 2.61. The molecule has 1 nitrogen and oxygen atoms in total. The summed E-state index contributed by atoms with van der Waals surface area (Å²) >= 11 is 1.72. The number of nitrogens with zero attached hydrogens (tertiary/aromatic N) is 1. The number of hydrogen-bond donors (Lipinski definition) is 0. The average Bonchev–Trinajstić information content (AvgIpc) is 2.92. The van der Waals surface area contributed by atoms with Crippen LogP contribution >= 0.6 is 11.3 Å². The lowest BCUT2D eigenvalue weighted by atomic mass is 10.1. The summed E-state index contributed by atoms with van der Waals surface area (Å²) in [7, 11) is 0. The first-order chi connectivity index (χ1) is 10.0. The van der Waals surface area contributed by atoms with Gasteiger partial charge < -0.3 is 0 Å². The Balaban J connectivity index is 1.57. The number of rotatable bonds is 3. The average molecular weight is 311 g/mol. The van der Waals surface area contributed by atoms with Crippen LogP contribution in [0.5, 0.6) is 0 Å². The van der Waals surface area contributed by atoms with Crippen LogP contribution < -0.4 is 0 Å². The van der Waals surface area contributed by atoms with Gasteiger partial charge in [-0.05, 0) is 41.3 Å². The predicted octanol–water partition coefficient (Wildman–Crippen LogP) is 4.64. The molecule has 0 saturated heterocycles. The Morgan fingerprint density at radius 1 is 1.19 bits per heavy atom. The maximum Gasteiger partial charge on any atom is 0.412 e. The van der Waals surface area contributed by atoms with E-state index in [2.05, 4.69) is 34.5 Å². The number of thiophene rings is 1. The van der Waals surface area contributed by atoms with E-state index < -0.39 is 6.18 Å². The summed E-state index contributed by atoms with van der Waals surface area (Å²) in [5.74, 6) is 0. The quantitative estimate of drug-likeness (QED) is 0.747. The molecule has 112 valence electrons. The maximum atomic E-state index is 12.6. The highest BCUT2D eigenvalue weighted by molar-refractivity contribution is 7.17. The smallest absolute Gasteiger partial charge is 0.299 e. The van der Waals surface area contributed by atoms with Gasteiger partial charge >= 0.3 is 6.18 Å². The van der Waals surface area contributed by atoms with Crippen molar-refractivity contribution in [2.24, 2.45) is 0 Å². The normalized spacial score (nSPS) is 17.2. The van der Waals surface area contributed by atoms with Crippen molar-refractivity contribution in [3.8, 4) is 0 Å². The summed E-state index contributed by atoms with van der Waals surface area (Å²) in [6.07, 6.45) is -1.85. The third-order valence-corrected chi connectivity index (χ3v) is 4.77. The molecule has 21 heavy (non-hydrogen) atoms. The Hall–Kier alpha value is -1.33. The van der Waals surface area contributed by atoms with Crippen molar-refractivity contribution in [3.05, 3.63) is 46.9 Å². The van der Waals surface area contributed by atoms with Crippen LogP contribution in [0.4, 0.5) is 13.2 Å². The van der Waals surface area contributed by atoms with Crippen LogP contribution in [0.25, 0.3) is 10.1 Å². The van der Waals surface area contributed by atoms with Gasteiger partial charge in [0.25, 0.3) is 0 Å². The summed E-state index contributed by atoms with van der Waals surface area (Å²) in [6.45, 7) is 1.70. The number of fused-ring (bicyclic) bond motifs is 1. The van der Waals surface area contributed by atoms with E-state index in [0.717, 1.165) is 13.0 Å². The van der Waals surface area contributed by atoms with Gasteiger partial charge in [0.2, 0.25) is 0 Å². The Morgan fingerprint density at radius 3 is 2.76 bits per heavy atom. The van der Waals surface area contributed by atoms with Gasteiger partial charge in [-0.2, -0.15) is 13.2 Å². The third kappa shape index (κ3) is 3.47. The minimum atomic E-state index is -4.16. The van der Waals surface area contributed by atoms with Crippen molar-refractivity contribution in [3.63, 3.8) is 0 Å². The minimum Gasteiger partial charge on any atom is -0.299 e. The van der Waals surface area contributed by atoms with Crippen molar-refractivity contribution < 1.29 is 13.2 Å². The van der Waals surface area contributed by atoms with Gasteiger partial charge in [-0.15, -0.1) is 11.3 Å². The molecule has 5 heteroatoms. The zero-order chi connectivity index (χ0) is 14.9. The monoisotopic (exact) mass is 311 g/mol. The second-order valence-electron chi connectivity index (χ2n) is 5.32. The topological polar surface area (TPSA) is 3.24 Å². The molecule has 0 atom stereocenters. The first kappa shape index (κ1) is 14.6. The van der Waals surface area contributed by atoms with E-state index in [1.165, 1.54) is 21.7 Å². The maximum absolute atomic E-state index is 12.6. The van der Waals surface area contributed by atoms with Crippen LogP contribution in [-0.2, 0) is 6.42 Å². The molecule has 0 fully saturated rings. The van der Waals surface area contributed by atoms with E-state index in [-0.39, 0.29) is 12.0 Å². The first-order valence-corrected chi connectivity index (χ1v) is 7.85. The Labute approximate surface area is 125 Å². The van der Waals surface area contributed by atoms with Gasteiger partial charge in [0.1, 0.15) is 0 Å². The molecule has 1 aliphatic heterocycles. The lowest BCUT2D eigenvalue weighted by Crippen LogP contribution is -2.33. The molecule has 1 aromatic heterocycles. The largest absolute Gasteiger partial charge is 0.412 e. The van der Waals surface area contributed by atoms with Crippen LogP contribution in [0.3, 0.4) is 0 Å². The Kier molecular flexibility index (Phi) is 4.04. The van der Waals surface area contributed by atoms with Crippen molar-refractivity contribution >= 4 is 21.4 Å². The highest BCUT2D eigenvalue weighted by atomic mass is 32.1. The number of alkyl halides is 3. The summed E-state index contributed by atoms with van der Waals surface area (Å²) < 4.78 is 38.9. The fourth-order valence-corrected chi connectivity index (χ4v) is 3.47. The standard InChI is InChI=1S/C16H16F3NS/c17-16(18,19)14-4-8-20(9-5-14)7-3-12-1-2-13-6-10-21-15(13)11-12/h1-2,4,6,10-11H,3,5,7-9H2.